The Labute approximate surface area is 128 Å². The molecular weight excluding hydrogens is 264 g/mol. The molecule has 2 N–H and O–H groups in total. The molecule has 2 rings (SSSR count). The van der Waals surface area contributed by atoms with Crippen molar-refractivity contribution in [1.29, 1.82) is 0 Å². The fourth-order valence-electron chi connectivity index (χ4n) is 3.39. The van der Waals surface area contributed by atoms with Gasteiger partial charge in [-0.15, -0.1) is 11.3 Å². The Balaban J connectivity index is 2.25. The fourth-order valence-corrected chi connectivity index (χ4v) is 4.57. The van der Waals surface area contributed by atoms with E-state index in [9.17, 15) is 0 Å². The summed E-state index contributed by atoms with van der Waals surface area (Å²) in [4.78, 5) is 5.59. The standard InChI is InChI=1S/C17H30N2S/c1-6-13-8-7-12(2)19(13)14(11-18)15-9-10-16(20-15)17(3,4)5/h9-10,12-14H,6-8,11,18H2,1-5H3. The van der Waals surface area contributed by atoms with Crippen LogP contribution >= 0.6 is 11.3 Å². The van der Waals surface area contributed by atoms with Crippen LogP contribution in [-0.2, 0) is 5.41 Å². The van der Waals surface area contributed by atoms with Crippen molar-refractivity contribution in [3.05, 3.63) is 21.9 Å². The van der Waals surface area contributed by atoms with Gasteiger partial charge in [0.2, 0.25) is 0 Å². The topological polar surface area (TPSA) is 29.3 Å². The molecule has 2 heterocycles. The van der Waals surface area contributed by atoms with E-state index in [1.165, 1.54) is 29.0 Å². The maximum Gasteiger partial charge on any atom is 0.0569 e. The first-order valence-corrected chi connectivity index (χ1v) is 8.77. The van der Waals surface area contributed by atoms with Gasteiger partial charge in [-0.2, -0.15) is 0 Å². The SMILES string of the molecule is CCC1CCC(C)N1C(CN)c1ccc(C(C)(C)C)s1. The third-order valence-electron chi connectivity index (χ3n) is 4.60. The van der Waals surface area contributed by atoms with E-state index in [0.717, 1.165) is 6.54 Å². The first kappa shape index (κ1) is 16.0. The highest BCUT2D eigenvalue weighted by molar-refractivity contribution is 7.12. The zero-order chi connectivity index (χ0) is 14.9. The number of likely N-dealkylation sites (tertiary alicyclic amines) is 1. The quantitative estimate of drug-likeness (QED) is 0.896. The molecule has 0 spiro atoms. The highest BCUT2D eigenvalue weighted by Gasteiger charge is 2.35. The van der Waals surface area contributed by atoms with Crippen molar-refractivity contribution in [2.75, 3.05) is 6.54 Å². The second kappa shape index (κ2) is 6.17. The largest absolute Gasteiger partial charge is 0.329 e. The van der Waals surface area contributed by atoms with E-state index in [1.807, 2.05) is 11.3 Å². The van der Waals surface area contributed by atoms with E-state index >= 15 is 0 Å². The molecule has 0 radical (unpaired) electrons. The van der Waals surface area contributed by atoms with E-state index in [-0.39, 0.29) is 5.41 Å². The summed E-state index contributed by atoms with van der Waals surface area (Å²) in [6, 6.07) is 6.37. The van der Waals surface area contributed by atoms with Gasteiger partial charge in [-0.25, -0.2) is 0 Å². The summed E-state index contributed by atoms with van der Waals surface area (Å²) in [5.74, 6) is 0. The minimum Gasteiger partial charge on any atom is -0.329 e. The summed E-state index contributed by atoms with van der Waals surface area (Å²) in [5, 5.41) is 0. The van der Waals surface area contributed by atoms with E-state index in [4.69, 9.17) is 5.73 Å². The van der Waals surface area contributed by atoms with Gasteiger partial charge in [0.25, 0.3) is 0 Å². The molecule has 3 atom stereocenters. The third kappa shape index (κ3) is 3.10. The summed E-state index contributed by atoms with van der Waals surface area (Å²) in [7, 11) is 0. The molecule has 3 heteroatoms. The molecule has 114 valence electrons. The van der Waals surface area contributed by atoms with Gasteiger partial charge in [0.1, 0.15) is 0 Å². The highest BCUT2D eigenvalue weighted by atomic mass is 32.1. The Morgan fingerprint density at radius 3 is 2.55 bits per heavy atom. The van der Waals surface area contributed by atoms with Crippen LogP contribution in [0, 0.1) is 0 Å². The van der Waals surface area contributed by atoms with Crippen LogP contribution in [0.5, 0.6) is 0 Å². The summed E-state index contributed by atoms with van der Waals surface area (Å²) in [6.07, 6.45) is 3.87. The van der Waals surface area contributed by atoms with Gasteiger partial charge in [0.05, 0.1) is 6.04 Å². The van der Waals surface area contributed by atoms with Crippen molar-refractivity contribution in [3.8, 4) is 0 Å². The molecule has 1 fully saturated rings. The first-order valence-electron chi connectivity index (χ1n) is 7.96. The summed E-state index contributed by atoms with van der Waals surface area (Å²) < 4.78 is 0. The van der Waals surface area contributed by atoms with Crippen LogP contribution in [0.15, 0.2) is 12.1 Å². The molecule has 2 nitrogen and oxygen atoms in total. The summed E-state index contributed by atoms with van der Waals surface area (Å²) in [6.45, 7) is 12.2. The number of nitrogens with two attached hydrogens (primary N) is 1. The molecule has 0 saturated carbocycles. The van der Waals surface area contributed by atoms with Crippen molar-refractivity contribution in [2.24, 2.45) is 5.73 Å². The number of nitrogens with zero attached hydrogens (tertiary/aromatic N) is 1. The lowest BCUT2D eigenvalue weighted by Gasteiger charge is -2.35. The number of hydrogen-bond donors (Lipinski definition) is 1. The minimum absolute atomic E-state index is 0.239. The maximum atomic E-state index is 6.15. The van der Waals surface area contributed by atoms with Gasteiger partial charge in [0, 0.05) is 28.4 Å². The van der Waals surface area contributed by atoms with Gasteiger partial charge < -0.3 is 5.73 Å². The van der Waals surface area contributed by atoms with Crippen LogP contribution in [0.3, 0.4) is 0 Å². The predicted molar refractivity (Wildman–Crippen MR) is 89.4 cm³/mol. The number of rotatable bonds is 4. The number of thiophene rings is 1. The van der Waals surface area contributed by atoms with Gasteiger partial charge in [-0.1, -0.05) is 27.7 Å². The molecule has 0 bridgehead atoms. The summed E-state index contributed by atoms with van der Waals surface area (Å²) in [5.41, 5.74) is 6.39. The molecule has 1 aliphatic rings. The monoisotopic (exact) mass is 294 g/mol. The van der Waals surface area contributed by atoms with E-state index in [2.05, 4.69) is 51.7 Å². The van der Waals surface area contributed by atoms with Gasteiger partial charge in [0.15, 0.2) is 0 Å². The second-order valence-corrected chi connectivity index (χ2v) is 8.25. The Hall–Kier alpha value is -0.380. The molecule has 0 aromatic carbocycles. The molecule has 1 aliphatic heterocycles. The van der Waals surface area contributed by atoms with Crippen LogP contribution in [0.4, 0.5) is 0 Å². The van der Waals surface area contributed by atoms with Crippen molar-refractivity contribution in [2.45, 2.75) is 77.4 Å². The Bertz CT molecular complexity index is 432. The average Bonchev–Trinajstić information content (AvgIpc) is 2.98. The average molecular weight is 295 g/mol. The molecule has 0 aliphatic carbocycles. The molecule has 1 aromatic heterocycles. The molecule has 1 saturated heterocycles. The van der Waals surface area contributed by atoms with Crippen LogP contribution < -0.4 is 5.73 Å². The third-order valence-corrected chi connectivity index (χ3v) is 6.21. The normalized spacial score (nSPS) is 26.1. The van der Waals surface area contributed by atoms with E-state index in [0.29, 0.717) is 18.1 Å². The zero-order valence-electron chi connectivity index (χ0n) is 13.6. The molecule has 20 heavy (non-hydrogen) atoms. The Morgan fingerprint density at radius 1 is 1.35 bits per heavy atom. The molecule has 0 amide bonds. The summed E-state index contributed by atoms with van der Waals surface area (Å²) >= 11 is 1.95. The molecule has 1 aromatic rings. The lowest BCUT2D eigenvalue weighted by Crippen LogP contribution is -2.40. The van der Waals surface area contributed by atoms with Crippen LogP contribution in [0.2, 0.25) is 0 Å². The minimum atomic E-state index is 0.239. The maximum absolute atomic E-state index is 6.15. The van der Waals surface area contributed by atoms with Crippen molar-refractivity contribution in [3.63, 3.8) is 0 Å². The lowest BCUT2D eigenvalue weighted by atomic mass is 9.95. The van der Waals surface area contributed by atoms with E-state index < -0.39 is 0 Å². The van der Waals surface area contributed by atoms with Crippen molar-refractivity contribution in [1.82, 2.24) is 4.90 Å². The van der Waals surface area contributed by atoms with Crippen LogP contribution in [0.25, 0.3) is 0 Å². The van der Waals surface area contributed by atoms with Crippen molar-refractivity contribution < 1.29 is 0 Å². The smallest absolute Gasteiger partial charge is 0.0569 e. The van der Waals surface area contributed by atoms with Crippen LogP contribution in [0.1, 0.15) is 69.7 Å². The zero-order valence-corrected chi connectivity index (χ0v) is 14.5. The lowest BCUT2D eigenvalue weighted by molar-refractivity contribution is 0.139. The highest BCUT2D eigenvalue weighted by Crippen LogP contribution is 2.39. The molecular formula is C17H30N2S. The first-order chi connectivity index (χ1) is 9.38. The van der Waals surface area contributed by atoms with Gasteiger partial charge in [-0.3, -0.25) is 4.90 Å². The second-order valence-electron chi connectivity index (χ2n) is 7.14. The van der Waals surface area contributed by atoms with Gasteiger partial charge >= 0.3 is 0 Å². The van der Waals surface area contributed by atoms with Gasteiger partial charge in [-0.05, 0) is 43.7 Å². The predicted octanol–water partition coefficient (Wildman–Crippen LogP) is 4.31. The molecule has 3 unspecified atom stereocenters. The Kier molecular flexibility index (Phi) is 4.93. The fraction of sp³-hybridized carbons (Fsp3) is 0.765. The van der Waals surface area contributed by atoms with Crippen LogP contribution in [-0.4, -0.2) is 23.5 Å². The number of hydrogen-bond acceptors (Lipinski definition) is 3. The Morgan fingerprint density at radius 2 is 2.05 bits per heavy atom. The van der Waals surface area contributed by atoms with Crippen molar-refractivity contribution >= 4 is 11.3 Å². The van der Waals surface area contributed by atoms with E-state index in [1.54, 1.807) is 0 Å².